The molecule has 2 rings (SSSR count). The number of anilines is 2. The monoisotopic (exact) mass is 265 g/mol. The summed E-state index contributed by atoms with van der Waals surface area (Å²) in [5, 5.41) is 8.07. The van der Waals surface area contributed by atoms with Crippen molar-refractivity contribution in [1.82, 2.24) is 15.0 Å². The van der Waals surface area contributed by atoms with Crippen molar-refractivity contribution in [1.29, 1.82) is 0 Å². The number of nitrogens with zero attached hydrogens (tertiary/aromatic N) is 3. The normalized spacial score (nSPS) is 10.1. The third-order valence-corrected chi connectivity index (χ3v) is 2.99. The van der Waals surface area contributed by atoms with Crippen LogP contribution in [-0.2, 0) is 6.54 Å². The Morgan fingerprint density at radius 2 is 2.11 bits per heavy atom. The van der Waals surface area contributed by atoms with Gasteiger partial charge in [-0.05, 0) is 18.4 Å². The zero-order valence-electron chi connectivity index (χ0n) is 10.3. The first-order valence-electron chi connectivity index (χ1n) is 5.64. The Kier molecular flexibility index (Phi) is 4.30. The molecule has 0 atom stereocenters. The number of thiophene rings is 1. The molecule has 18 heavy (non-hydrogen) atoms. The number of ether oxygens (including phenoxy) is 1. The smallest absolute Gasteiger partial charge is 0.323 e. The molecule has 2 aromatic rings. The minimum Gasteiger partial charge on any atom is -0.464 e. The molecule has 0 saturated carbocycles. The van der Waals surface area contributed by atoms with Crippen LogP contribution in [0.25, 0.3) is 0 Å². The molecule has 0 amide bonds. The molecule has 0 unspecified atom stereocenters. The van der Waals surface area contributed by atoms with Crippen molar-refractivity contribution in [3.05, 3.63) is 22.4 Å². The highest BCUT2D eigenvalue weighted by Gasteiger charge is 2.06. The summed E-state index contributed by atoms with van der Waals surface area (Å²) in [5.74, 6) is 0.994. The minimum atomic E-state index is 0.325. The highest BCUT2D eigenvalue weighted by atomic mass is 32.1. The van der Waals surface area contributed by atoms with Gasteiger partial charge in [-0.3, -0.25) is 0 Å². The van der Waals surface area contributed by atoms with Gasteiger partial charge in [0, 0.05) is 11.9 Å². The van der Waals surface area contributed by atoms with Gasteiger partial charge in [0.25, 0.3) is 0 Å². The van der Waals surface area contributed by atoms with Crippen molar-refractivity contribution < 1.29 is 4.74 Å². The topological polar surface area (TPSA) is 72.0 Å². The lowest BCUT2D eigenvalue weighted by Gasteiger charge is -2.07. The molecule has 0 bridgehead atoms. The van der Waals surface area contributed by atoms with E-state index < -0.39 is 0 Å². The van der Waals surface area contributed by atoms with E-state index in [1.807, 2.05) is 18.4 Å². The Morgan fingerprint density at radius 3 is 2.78 bits per heavy atom. The van der Waals surface area contributed by atoms with E-state index in [2.05, 4.69) is 31.7 Å². The zero-order valence-corrected chi connectivity index (χ0v) is 11.1. The molecule has 0 aliphatic heterocycles. The molecule has 0 aromatic carbocycles. The van der Waals surface area contributed by atoms with Gasteiger partial charge in [0.1, 0.15) is 0 Å². The summed E-state index contributed by atoms with van der Waals surface area (Å²) in [4.78, 5) is 13.7. The summed E-state index contributed by atoms with van der Waals surface area (Å²) in [6.45, 7) is 3.11. The molecule has 2 N–H and O–H groups in total. The minimum absolute atomic E-state index is 0.325. The second kappa shape index (κ2) is 6.15. The van der Waals surface area contributed by atoms with Gasteiger partial charge in [-0.25, -0.2) is 0 Å². The number of nitrogens with one attached hydrogen (secondary N) is 2. The molecular weight excluding hydrogens is 250 g/mol. The predicted molar refractivity (Wildman–Crippen MR) is 72.2 cm³/mol. The lowest BCUT2D eigenvalue weighted by atomic mass is 10.5. The van der Waals surface area contributed by atoms with Gasteiger partial charge in [-0.1, -0.05) is 6.07 Å². The third kappa shape index (κ3) is 3.30. The Hall–Kier alpha value is -1.89. The average molecular weight is 265 g/mol. The number of hydrogen-bond acceptors (Lipinski definition) is 7. The van der Waals surface area contributed by atoms with Crippen molar-refractivity contribution in [2.24, 2.45) is 0 Å². The van der Waals surface area contributed by atoms with Crippen LogP contribution in [0.2, 0.25) is 0 Å². The van der Waals surface area contributed by atoms with E-state index in [-0.39, 0.29) is 0 Å². The Bertz CT molecular complexity index is 488. The van der Waals surface area contributed by atoms with Crippen LogP contribution in [0.3, 0.4) is 0 Å². The van der Waals surface area contributed by atoms with E-state index in [0.717, 1.165) is 0 Å². The Morgan fingerprint density at radius 1 is 1.28 bits per heavy atom. The second-order valence-corrected chi connectivity index (χ2v) is 4.41. The fraction of sp³-hybridized carbons (Fsp3) is 0.364. The maximum atomic E-state index is 5.29. The van der Waals surface area contributed by atoms with Gasteiger partial charge in [0.05, 0.1) is 13.2 Å². The van der Waals surface area contributed by atoms with Crippen LogP contribution in [0, 0.1) is 0 Å². The predicted octanol–water partition coefficient (Wildman–Crippen LogP) is 1.99. The van der Waals surface area contributed by atoms with Crippen molar-refractivity contribution in [2.45, 2.75) is 13.5 Å². The molecule has 0 radical (unpaired) electrons. The number of rotatable bonds is 6. The largest absolute Gasteiger partial charge is 0.464 e. The second-order valence-electron chi connectivity index (χ2n) is 3.38. The van der Waals surface area contributed by atoms with Crippen LogP contribution in [0.1, 0.15) is 11.8 Å². The highest BCUT2D eigenvalue weighted by molar-refractivity contribution is 7.09. The molecule has 0 saturated heterocycles. The van der Waals surface area contributed by atoms with E-state index in [9.17, 15) is 0 Å². The molecular formula is C11H15N5OS. The third-order valence-electron chi connectivity index (χ3n) is 2.11. The number of aromatic nitrogens is 3. The van der Waals surface area contributed by atoms with Gasteiger partial charge in [0.2, 0.25) is 11.9 Å². The first kappa shape index (κ1) is 12.6. The van der Waals surface area contributed by atoms with Crippen LogP contribution in [-0.4, -0.2) is 28.6 Å². The lowest BCUT2D eigenvalue weighted by molar-refractivity contribution is 0.312. The molecule has 6 nitrogen and oxygen atoms in total. The van der Waals surface area contributed by atoms with Crippen molar-refractivity contribution in [2.75, 3.05) is 24.3 Å². The van der Waals surface area contributed by atoms with Crippen molar-refractivity contribution in [3.63, 3.8) is 0 Å². The molecule has 0 fully saturated rings. The molecule has 2 aromatic heterocycles. The first-order valence-corrected chi connectivity index (χ1v) is 6.52. The zero-order chi connectivity index (χ0) is 12.8. The fourth-order valence-electron chi connectivity index (χ4n) is 1.32. The van der Waals surface area contributed by atoms with Crippen LogP contribution >= 0.6 is 11.3 Å². The summed E-state index contributed by atoms with van der Waals surface area (Å²) in [6.07, 6.45) is 0. The quantitative estimate of drug-likeness (QED) is 0.832. The van der Waals surface area contributed by atoms with Gasteiger partial charge in [0.15, 0.2) is 0 Å². The van der Waals surface area contributed by atoms with E-state index >= 15 is 0 Å². The molecule has 0 aliphatic rings. The molecule has 2 heterocycles. The number of hydrogen-bond donors (Lipinski definition) is 2. The van der Waals surface area contributed by atoms with Crippen LogP contribution < -0.4 is 15.4 Å². The van der Waals surface area contributed by atoms with E-state index in [1.54, 1.807) is 18.4 Å². The van der Waals surface area contributed by atoms with E-state index in [1.165, 1.54) is 4.88 Å². The first-order chi connectivity index (χ1) is 8.81. The van der Waals surface area contributed by atoms with E-state index in [4.69, 9.17) is 4.74 Å². The molecule has 7 heteroatoms. The summed E-state index contributed by atoms with van der Waals surface area (Å²) >= 11 is 1.69. The summed E-state index contributed by atoms with van der Waals surface area (Å²) in [5.41, 5.74) is 0. The Labute approximate surface area is 109 Å². The highest BCUT2D eigenvalue weighted by Crippen LogP contribution is 2.13. The lowest BCUT2D eigenvalue weighted by Crippen LogP contribution is -2.08. The van der Waals surface area contributed by atoms with Crippen molar-refractivity contribution in [3.8, 4) is 6.01 Å². The summed E-state index contributed by atoms with van der Waals surface area (Å²) < 4.78 is 5.29. The van der Waals surface area contributed by atoms with Gasteiger partial charge < -0.3 is 15.4 Å². The molecule has 0 aliphatic carbocycles. The van der Waals surface area contributed by atoms with Gasteiger partial charge in [-0.2, -0.15) is 15.0 Å². The SMILES string of the molecule is CCOc1nc(NC)nc(NCc2cccs2)n1. The standard InChI is InChI=1S/C11H15N5OS/c1-3-17-11-15-9(12-2)14-10(16-11)13-7-8-5-4-6-18-8/h4-6H,3,7H2,1-2H3,(H2,12,13,14,15,16). The van der Waals surface area contributed by atoms with Gasteiger partial charge >= 0.3 is 6.01 Å². The van der Waals surface area contributed by atoms with Crippen LogP contribution in [0.4, 0.5) is 11.9 Å². The fourth-order valence-corrected chi connectivity index (χ4v) is 1.96. The molecule has 0 spiro atoms. The Balaban J connectivity index is 2.08. The summed E-state index contributed by atoms with van der Waals surface area (Å²) in [6, 6.07) is 4.40. The van der Waals surface area contributed by atoms with E-state index in [0.29, 0.717) is 31.1 Å². The van der Waals surface area contributed by atoms with Crippen LogP contribution in [0.5, 0.6) is 6.01 Å². The maximum Gasteiger partial charge on any atom is 0.323 e. The maximum absolute atomic E-state index is 5.29. The molecule has 96 valence electrons. The van der Waals surface area contributed by atoms with Crippen molar-refractivity contribution >= 4 is 23.2 Å². The summed E-state index contributed by atoms with van der Waals surface area (Å²) in [7, 11) is 1.76. The van der Waals surface area contributed by atoms with Crippen LogP contribution in [0.15, 0.2) is 17.5 Å². The average Bonchev–Trinajstić information content (AvgIpc) is 2.89. The van der Waals surface area contributed by atoms with Gasteiger partial charge in [-0.15, -0.1) is 11.3 Å².